The normalized spacial score (nSPS) is 51.9. The van der Waals surface area contributed by atoms with Crippen LogP contribution in [0.5, 0.6) is 0 Å². The van der Waals surface area contributed by atoms with Crippen LogP contribution in [0.15, 0.2) is 23.8 Å². The molecular weight excluding hydrogens is 252 g/mol. The van der Waals surface area contributed by atoms with Gasteiger partial charge >= 0.3 is 0 Å². The van der Waals surface area contributed by atoms with Gasteiger partial charge in [-0.25, -0.2) is 0 Å². The molecule has 116 valence electrons. The predicted molar refractivity (Wildman–Crippen MR) is 90.0 cm³/mol. The molecule has 0 heteroatoms. The zero-order chi connectivity index (χ0) is 14.7. The van der Waals surface area contributed by atoms with Crippen molar-refractivity contribution in [3.63, 3.8) is 0 Å². The van der Waals surface area contributed by atoms with Crippen LogP contribution in [-0.4, -0.2) is 0 Å². The molecule has 0 aromatic carbocycles. The predicted octanol–water partition coefficient (Wildman–Crippen LogP) is 6.14. The van der Waals surface area contributed by atoms with Crippen molar-refractivity contribution in [3.05, 3.63) is 23.8 Å². The highest BCUT2D eigenvalue weighted by molar-refractivity contribution is 5.26. The van der Waals surface area contributed by atoms with E-state index >= 15 is 0 Å². The van der Waals surface area contributed by atoms with E-state index in [-0.39, 0.29) is 0 Å². The Hall–Kier alpha value is -0.520. The third kappa shape index (κ3) is 1.80. The third-order valence-corrected chi connectivity index (χ3v) is 8.16. The molecule has 0 saturated heterocycles. The molecule has 0 heterocycles. The Balaban J connectivity index is 1.68. The largest absolute Gasteiger partial charge is 0.0848 e. The lowest BCUT2D eigenvalue weighted by atomic mass is 9.46. The molecule has 0 aliphatic heterocycles. The molecule has 0 spiro atoms. The molecule has 6 atom stereocenters. The van der Waals surface area contributed by atoms with Gasteiger partial charge in [-0.05, 0) is 85.9 Å². The van der Waals surface area contributed by atoms with Crippen molar-refractivity contribution in [2.75, 3.05) is 0 Å². The maximum Gasteiger partial charge on any atom is -0.00852 e. The smallest absolute Gasteiger partial charge is 0.00852 e. The second-order valence-corrected chi connectivity index (χ2v) is 8.82. The first-order valence-electron chi connectivity index (χ1n) is 9.47. The maximum absolute atomic E-state index is 2.64. The fourth-order valence-electron chi connectivity index (χ4n) is 6.90. The average molecular weight is 284 g/mol. The molecule has 0 unspecified atom stereocenters. The molecule has 0 radical (unpaired) electrons. The molecule has 4 aliphatic carbocycles. The van der Waals surface area contributed by atoms with Gasteiger partial charge in [0.05, 0.1) is 0 Å². The summed E-state index contributed by atoms with van der Waals surface area (Å²) in [5.41, 5.74) is 2.98. The topological polar surface area (TPSA) is 0 Å². The van der Waals surface area contributed by atoms with Gasteiger partial charge in [0.2, 0.25) is 0 Å². The SMILES string of the molecule is CC[C@H]1C=C[C@H]2[C@@H]3CCC4=CCCC[C@]4(C)[C@H]3CC[C@]12C. The van der Waals surface area contributed by atoms with Gasteiger partial charge in [-0.2, -0.15) is 0 Å². The van der Waals surface area contributed by atoms with Crippen molar-refractivity contribution in [2.24, 2.45) is 34.5 Å². The van der Waals surface area contributed by atoms with E-state index in [1.54, 1.807) is 0 Å². The van der Waals surface area contributed by atoms with Crippen molar-refractivity contribution in [1.29, 1.82) is 0 Å². The lowest BCUT2D eigenvalue weighted by molar-refractivity contribution is -0.0411. The Morgan fingerprint density at radius 2 is 2.00 bits per heavy atom. The number of fused-ring (bicyclic) bond motifs is 5. The van der Waals surface area contributed by atoms with Gasteiger partial charge < -0.3 is 0 Å². The van der Waals surface area contributed by atoms with Crippen molar-refractivity contribution in [3.8, 4) is 0 Å². The number of allylic oxidation sites excluding steroid dienone is 4. The van der Waals surface area contributed by atoms with Crippen LogP contribution in [0.3, 0.4) is 0 Å². The van der Waals surface area contributed by atoms with Gasteiger partial charge in [-0.1, -0.05) is 44.6 Å². The van der Waals surface area contributed by atoms with Gasteiger partial charge in [0.1, 0.15) is 0 Å². The molecule has 21 heavy (non-hydrogen) atoms. The van der Waals surface area contributed by atoms with Crippen molar-refractivity contribution < 1.29 is 0 Å². The van der Waals surface area contributed by atoms with Crippen LogP contribution in [0.4, 0.5) is 0 Å². The minimum absolute atomic E-state index is 0.556. The summed E-state index contributed by atoms with van der Waals surface area (Å²) in [6, 6.07) is 0. The second kappa shape index (κ2) is 4.74. The minimum Gasteiger partial charge on any atom is -0.0848 e. The first-order valence-corrected chi connectivity index (χ1v) is 9.47. The van der Waals surface area contributed by atoms with Crippen LogP contribution in [0.2, 0.25) is 0 Å². The Kier molecular flexibility index (Phi) is 3.18. The van der Waals surface area contributed by atoms with E-state index in [0.29, 0.717) is 10.8 Å². The minimum atomic E-state index is 0.556. The first kappa shape index (κ1) is 14.1. The van der Waals surface area contributed by atoms with Gasteiger partial charge in [-0.15, -0.1) is 0 Å². The highest BCUT2D eigenvalue weighted by Crippen LogP contribution is 2.65. The molecule has 2 fully saturated rings. The lowest BCUT2D eigenvalue weighted by Gasteiger charge is -2.58. The molecule has 0 aromatic rings. The summed E-state index contributed by atoms with van der Waals surface area (Å²) in [5, 5.41) is 0. The Labute approximate surface area is 131 Å². The fraction of sp³-hybridized carbons (Fsp3) is 0.810. The van der Waals surface area contributed by atoms with Gasteiger partial charge in [0, 0.05) is 0 Å². The second-order valence-electron chi connectivity index (χ2n) is 8.82. The van der Waals surface area contributed by atoms with E-state index in [4.69, 9.17) is 0 Å². The van der Waals surface area contributed by atoms with E-state index in [1.165, 1.54) is 51.4 Å². The molecule has 0 bridgehead atoms. The zero-order valence-corrected chi connectivity index (χ0v) is 14.2. The van der Waals surface area contributed by atoms with E-state index in [9.17, 15) is 0 Å². The number of hydrogen-bond acceptors (Lipinski definition) is 0. The molecule has 4 rings (SSSR count). The van der Waals surface area contributed by atoms with Crippen molar-refractivity contribution in [2.45, 2.75) is 72.1 Å². The standard InChI is InChI=1S/C21H32/c1-4-15-9-11-18-17-10-8-16-7-5-6-13-20(16,2)19(17)12-14-21(15,18)3/h7,9,11,15,17-19H,4-6,8,10,12-14H2,1-3H3/t15-,17-,18-,19-,20-,21+/m0/s1. The molecule has 4 aliphatic rings. The van der Waals surface area contributed by atoms with Crippen molar-refractivity contribution in [1.82, 2.24) is 0 Å². The average Bonchev–Trinajstić information content (AvgIpc) is 2.83. The van der Waals surface area contributed by atoms with Crippen LogP contribution in [0.25, 0.3) is 0 Å². The summed E-state index contributed by atoms with van der Waals surface area (Å²) >= 11 is 0. The summed E-state index contributed by atoms with van der Waals surface area (Å²) in [5.74, 6) is 3.66. The Morgan fingerprint density at radius 3 is 2.81 bits per heavy atom. The van der Waals surface area contributed by atoms with E-state index in [1.807, 2.05) is 5.57 Å². The summed E-state index contributed by atoms with van der Waals surface area (Å²) < 4.78 is 0. The van der Waals surface area contributed by atoms with Gasteiger partial charge in [0.25, 0.3) is 0 Å². The maximum atomic E-state index is 2.64. The van der Waals surface area contributed by atoms with Crippen LogP contribution in [-0.2, 0) is 0 Å². The number of rotatable bonds is 1. The Morgan fingerprint density at radius 1 is 1.14 bits per heavy atom. The van der Waals surface area contributed by atoms with E-state index in [2.05, 4.69) is 39.0 Å². The fourth-order valence-corrected chi connectivity index (χ4v) is 6.90. The lowest BCUT2D eigenvalue weighted by Crippen LogP contribution is -2.50. The van der Waals surface area contributed by atoms with Crippen LogP contribution in [0.1, 0.15) is 72.1 Å². The molecule has 0 amide bonds. The number of hydrogen-bond donors (Lipinski definition) is 0. The highest BCUT2D eigenvalue weighted by atomic mass is 14.6. The monoisotopic (exact) mass is 284 g/mol. The summed E-state index contributed by atoms with van der Waals surface area (Å²) in [7, 11) is 0. The van der Waals surface area contributed by atoms with Gasteiger partial charge in [-0.3, -0.25) is 0 Å². The molecule has 0 N–H and O–H groups in total. The summed E-state index contributed by atoms with van der Waals surface area (Å²) in [6.07, 6.45) is 19.2. The molecule has 0 nitrogen and oxygen atoms in total. The van der Waals surface area contributed by atoms with Crippen LogP contribution in [0, 0.1) is 34.5 Å². The zero-order valence-electron chi connectivity index (χ0n) is 14.2. The Bertz CT molecular complexity index is 484. The quantitative estimate of drug-likeness (QED) is 0.507. The van der Waals surface area contributed by atoms with Gasteiger partial charge in [0.15, 0.2) is 0 Å². The molecule has 0 aromatic heterocycles. The molecular formula is C21H32. The third-order valence-electron chi connectivity index (χ3n) is 8.16. The first-order chi connectivity index (χ1) is 10.1. The highest BCUT2D eigenvalue weighted by Gasteiger charge is 2.56. The summed E-state index contributed by atoms with van der Waals surface area (Å²) in [6.45, 7) is 7.61. The van der Waals surface area contributed by atoms with Crippen LogP contribution >= 0.6 is 0 Å². The van der Waals surface area contributed by atoms with E-state index in [0.717, 1.165) is 23.7 Å². The van der Waals surface area contributed by atoms with E-state index < -0.39 is 0 Å². The molecule has 2 saturated carbocycles. The summed E-state index contributed by atoms with van der Waals surface area (Å²) in [4.78, 5) is 0. The van der Waals surface area contributed by atoms with Crippen molar-refractivity contribution >= 4 is 0 Å². The van der Waals surface area contributed by atoms with Crippen LogP contribution < -0.4 is 0 Å².